The van der Waals surface area contributed by atoms with Gasteiger partial charge < -0.3 is 0 Å². The molecule has 2 aromatic rings. The monoisotopic (exact) mass is 307 g/mol. The number of nitrogens with one attached hydrogen (secondary N) is 1. The van der Waals surface area contributed by atoms with Gasteiger partial charge in [-0.1, -0.05) is 49.4 Å². The molecule has 3 nitrogen and oxygen atoms in total. The Morgan fingerprint density at radius 1 is 1.10 bits per heavy atom. The van der Waals surface area contributed by atoms with Crippen molar-refractivity contribution in [2.24, 2.45) is 0 Å². The van der Waals surface area contributed by atoms with Crippen LogP contribution in [0.15, 0.2) is 48.5 Å². The van der Waals surface area contributed by atoms with Crippen molar-refractivity contribution in [3.05, 3.63) is 59.9 Å². The lowest BCUT2D eigenvalue weighted by Gasteiger charge is -2.13. The van der Waals surface area contributed by atoms with Gasteiger partial charge in [-0.2, -0.15) is 0 Å². The fourth-order valence-electron chi connectivity index (χ4n) is 2.20. The predicted octanol–water partition coefficient (Wildman–Crippen LogP) is 3.15. The number of benzene rings is 2. The molecule has 1 unspecified atom stereocenters. The van der Waals surface area contributed by atoms with E-state index in [-0.39, 0.29) is 17.5 Å². The van der Waals surface area contributed by atoms with E-state index in [0.29, 0.717) is 5.56 Å². The first kappa shape index (κ1) is 15.7. The maximum Gasteiger partial charge on any atom is 0.211 e. The van der Waals surface area contributed by atoms with Crippen LogP contribution in [0.4, 0.5) is 4.39 Å². The van der Waals surface area contributed by atoms with Gasteiger partial charge >= 0.3 is 0 Å². The molecule has 0 spiro atoms. The highest BCUT2D eigenvalue weighted by Gasteiger charge is 2.15. The van der Waals surface area contributed by atoms with E-state index in [4.69, 9.17) is 0 Å². The lowest BCUT2D eigenvalue weighted by Crippen LogP contribution is -2.24. The largest absolute Gasteiger partial charge is 0.218 e. The highest BCUT2D eigenvalue weighted by atomic mass is 32.2. The number of halogens is 1. The van der Waals surface area contributed by atoms with Crippen LogP contribution in [0.5, 0.6) is 0 Å². The summed E-state index contributed by atoms with van der Waals surface area (Å²) in [5.74, 6) is -0.365. The number of hydrogen-bond donors (Lipinski definition) is 1. The molecule has 0 radical (unpaired) electrons. The zero-order chi connectivity index (χ0) is 15.5. The lowest BCUT2D eigenvalue weighted by atomic mass is 9.98. The van der Waals surface area contributed by atoms with Gasteiger partial charge in [-0.05, 0) is 30.2 Å². The van der Waals surface area contributed by atoms with Crippen LogP contribution < -0.4 is 4.72 Å². The molecule has 0 bridgehead atoms. The number of hydrogen-bond acceptors (Lipinski definition) is 2. The molecule has 112 valence electrons. The molecular weight excluding hydrogens is 289 g/mol. The van der Waals surface area contributed by atoms with Gasteiger partial charge in [-0.25, -0.2) is 17.5 Å². The van der Waals surface area contributed by atoms with Crippen LogP contribution in [0.3, 0.4) is 0 Å². The summed E-state index contributed by atoms with van der Waals surface area (Å²) in [4.78, 5) is 0. The van der Waals surface area contributed by atoms with Crippen molar-refractivity contribution < 1.29 is 12.8 Å². The van der Waals surface area contributed by atoms with Gasteiger partial charge in [0.15, 0.2) is 0 Å². The van der Waals surface area contributed by atoms with E-state index in [2.05, 4.69) is 4.72 Å². The van der Waals surface area contributed by atoms with Crippen LogP contribution in [-0.4, -0.2) is 21.2 Å². The Kier molecular flexibility index (Phi) is 4.75. The van der Waals surface area contributed by atoms with Crippen LogP contribution in [0.2, 0.25) is 0 Å². The molecule has 0 aliphatic heterocycles. The first-order valence-electron chi connectivity index (χ1n) is 6.69. The summed E-state index contributed by atoms with van der Waals surface area (Å²) in [5, 5.41) is 0. The Balaban J connectivity index is 2.22. The van der Waals surface area contributed by atoms with Gasteiger partial charge in [0.2, 0.25) is 10.0 Å². The molecule has 0 saturated heterocycles. The van der Waals surface area contributed by atoms with E-state index >= 15 is 0 Å². The Morgan fingerprint density at radius 2 is 1.71 bits per heavy atom. The molecule has 0 heterocycles. The maximum absolute atomic E-state index is 13.7. The minimum atomic E-state index is -3.25. The van der Waals surface area contributed by atoms with Gasteiger partial charge in [0.1, 0.15) is 5.82 Å². The third-order valence-electron chi connectivity index (χ3n) is 3.45. The molecule has 0 saturated carbocycles. The van der Waals surface area contributed by atoms with Gasteiger partial charge in [0.05, 0.1) is 5.75 Å². The lowest BCUT2D eigenvalue weighted by molar-refractivity contribution is 0.582. The molecule has 0 amide bonds. The predicted molar refractivity (Wildman–Crippen MR) is 83.1 cm³/mol. The SMILES string of the molecule is CNS(=O)(=O)CC(C)c1ccc(-c2ccccc2F)cc1. The minimum absolute atomic E-state index is 0.0303. The van der Waals surface area contributed by atoms with Crippen LogP contribution in [0, 0.1) is 5.82 Å². The van der Waals surface area contributed by atoms with Crippen molar-refractivity contribution in [1.29, 1.82) is 0 Å². The summed E-state index contributed by atoms with van der Waals surface area (Å²) in [7, 11) is -1.84. The van der Waals surface area contributed by atoms with Crippen molar-refractivity contribution >= 4 is 10.0 Å². The molecule has 1 atom stereocenters. The van der Waals surface area contributed by atoms with Crippen molar-refractivity contribution in [3.63, 3.8) is 0 Å². The first-order valence-corrected chi connectivity index (χ1v) is 8.34. The van der Waals surface area contributed by atoms with Gasteiger partial charge in [-0.3, -0.25) is 0 Å². The standard InChI is InChI=1S/C16H18FNO2S/c1-12(11-21(19,20)18-2)13-7-9-14(10-8-13)15-5-3-4-6-16(15)17/h3-10,12,18H,11H2,1-2H3. The average Bonchev–Trinajstić information content (AvgIpc) is 2.47. The third kappa shape index (κ3) is 3.89. The molecule has 5 heteroatoms. The Labute approximate surface area is 124 Å². The summed E-state index contributed by atoms with van der Waals surface area (Å²) in [6.45, 7) is 1.85. The van der Waals surface area contributed by atoms with E-state index < -0.39 is 10.0 Å². The topological polar surface area (TPSA) is 46.2 Å². The fourth-order valence-corrected chi connectivity index (χ4v) is 3.21. The zero-order valence-electron chi connectivity index (χ0n) is 12.0. The number of sulfonamides is 1. The molecule has 0 aliphatic carbocycles. The summed E-state index contributed by atoms with van der Waals surface area (Å²) >= 11 is 0. The molecule has 0 fully saturated rings. The zero-order valence-corrected chi connectivity index (χ0v) is 12.8. The van der Waals surface area contributed by atoms with Crippen LogP contribution in [0.1, 0.15) is 18.4 Å². The average molecular weight is 307 g/mol. The summed E-state index contributed by atoms with van der Waals surface area (Å²) in [6.07, 6.45) is 0. The summed E-state index contributed by atoms with van der Waals surface area (Å²) < 4.78 is 39.1. The quantitative estimate of drug-likeness (QED) is 0.922. The molecule has 21 heavy (non-hydrogen) atoms. The molecule has 2 aromatic carbocycles. The molecular formula is C16H18FNO2S. The third-order valence-corrected chi connectivity index (χ3v) is 5.01. The Morgan fingerprint density at radius 3 is 2.29 bits per heavy atom. The van der Waals surface area contributed by atoms with Crippen LogP contribution in [-0.2, 0) is 10.0 Å². The molecule has 0 aliphatic rings. The molecule has 1 N–H and O–H groups in total. The normalized spacial score (nSPS) is 13.1. The van der Waals surface area contributed by atoms with E-state index in [1.54, 1.807) is 18.2 Å². The number of rotatable bonds is 5. The first-order chi connectivity index (χ1) is 9.93. The van der Waals surface area contributed by atoms with Gasteiger partial charge in [-0.15, -0.1) is 0 Å². The highest BCUT2D eigenvalue weighted by molar-refractivity contribution is 7.89. The van der Waals surface area contributed by atoms with Crippen LogP contribution in [0.25, 0.3) is 11.1 Å². The summed E-state index contributed by atoms with van der Waals surface area (Å²) in [6, 6.07) is 13.9. The van der Waals surface area contributed by atoms with Crippen molar-refractivity contribution in [1.82, 2.24) is 4.72 Å². The van der Waals surface area contributed by atoms with E-state index in [9.17, 15) is 12.8 Å². The smallest absolute Gasteiger partial charge is 0.211 e. The van der Waals surface area contributed by atoms with Crippen molar-refractivity contribution in [2.45, 2.75) is 12.8 Å². The minimum Gasteiger partial charge on any atom is -0.218 e. The van der Waals surface area contributed by atoms with E-state index in [1.165, 1.54) is 13.1 Å². The second-order valence-corrected chi connectivity index (χ2v) is 6.96. The Hall–Kier alpha value is -1.72. The van der Waals surface area contributed by atoms with Gasteiger partial charge in [0.25, 0.3) is 0 Å². The fraction of sp³-hybridized carbons (Fsp3) is 0.250. The Bertz CT molecular complexity index is 711. The van der Waals surface area contributed by atoms with Crippen LogP contribution >= 0.6 is 0 Å². The highest BCUT2D eigenvalue weighted by Crippen LogP contribution is 2.25. The second-order valence-electron chi connectivity index (χ2n) is 4.99. The van der Waals surface area contributed by atoms with E-state index in [0.717, 1.165) is 11.1 Å². The van der Waals surface area contributed by atoms with Gasteiger partial charge in [0, 0.05) is 5.56 Å². The molecule has 2 rings (SSSR count). The van der Waals surface area contributed by atoms with Crippen molar-refractivity contribution in [3.8, 4) is 11.1 Å². The van der Waals surface area contributed by atoms with Crippen molar-refractivity contribution in [2.75, 3.05) is 12.8 Å². The maximum atomic E-state index is 13.7. The molecule has 0 aromatic heterocycles. The summed E-state index contributed by atoms with van der Waals surface area (Å²) in [5.41, 5.74) is 2.23. The second kappa shape index (κ2) is 6.37. The van der Waals surface area contributed by atoms with E-state index in [1.807, 2.05) is 31.2 Å².